The first kappa shape index (κ1) is 21.3. The van der Waals surface area contributed by atoms with E-state index in [1.54, 1.807) is 20.3 Å². The van der Waals surface area contributed by atoms with E-state index in [9.17, 15) is 0 Å². The van der Waals surface area contributed by atoms with Crippen LogP contribution in [0.2, 0.25) is 10.0 Å². The second-order valence-corrected chi connectivity index (χ2v) is 9.46. The first-order valence-electron chi connectivity index (χ1n) is 9.35. The SMILES string of the molecule is COc1cc(OC)c(Cl)c(-c2cc3cnc(SC)nc3c(N3CC(C)(C)C3)n2)c1Cl. The molecule has 3 aromatic rings. The first-order chi connectivity index (χ1) is 14.3. The number of halogens is 2. The fourth-order valence-corrected chi connectivity index (χ4v) is 4.74. The molecule has 2 aromatic heterocycles. The summed E-state index contributed by atoms with van der Waals surface area (Å²) >= 11 is 14.8. The third kappa shape index (κ3) is 3.63. The number of methoxy groups -OCH3 is 2. The molecule has 0 unspecified atom stereocenters. The van der Waals surface area contributed by atoms with E-state index < -0.39 is 0 Å². The van der Waals surface area contributed by atoms with Gasteiger partial charge >= 0.3 is 0 Å². The number of benzene rings is 1. The molecule has 1 saturated heterocycles. The van der Waals surface area contributed by atoms with Crippen LogP contribution in [0.4, 0.5) is 5.82 Å². The minimum absolute atomic E-state index is 0.230. The van der Waals surface area contributed by atoms with Gasteiger partial charge in [-0.25, -0.2) is 15.0 Å². The van der Waals surface area contributed by atoms with Gasteiger partial charge < -0.3 is 14.4 Å². The van der Waals surface area contributed by atoms with Crippen molar-refractivity contribution in [1.82, 2.24) is 15.0 Å². The fraction of sp³-hybridized carbons (Fsp3) is 0.381. The zero-order chi connectivity index (χ0) is 21.6. The summed E-state index contributed by atoms with van der Waals surface area (Å²) in [5.41, 5.74) is 2.23. The second-order valence-electron chi connectivity index (χ2n) is 7.93. The highest BCUT2D eigenvalue weighted by atomic mass is 35.5. The van der Waals surface area contributed by atoms with E-state index in [0.717, 1.165) is 29.8 Å². The highest BCUT2D eigenvalue weighted by Crippen LogP contribution is 2.47. The van der Waals surface area contributed by atoms with Crippen molar-refractivity contribution in [2.24, 2.45) is 5.41 Å². The third-order valence-electron chi connectivity index (χ3n) is 5.08. The maximum Gasteiger partial charge on any atom is 0.187 e. The van der Waals surface area contributed by atoms with Crippen LogP contribution in [-0.2, 0) is 0 Å². The van der Waals surface area contributed by atoms with Gasteiger partial charge in [0.05, 0.1) is 30.0 Å². The summed E-state index contributed by atoms with van der Waals surface area (Å²) in [6, 6.07) is 3.57. The minimum Gasteiger partial charge on any atom is -0.495 e. The van der Waals surface area contributed by atoms with Gasteiger partial charge in [0.1, 0.15) is 17.0 Å². The molecule has 1 aliphatic rings. The molecule has 158 valence electrons. The predicted molar refractivity (Wildman–Crippen MR) is 124 cm³/mol. The first-order valence-corrected chi connectivity index (χ1v) is 11.3. The Hall–Kier alpha value is -1.96. The van der Waals surface area contributed by atoms with Crippen molar-refractivity contribution in [2.45, 2.75) is 19.0 Å². The van der Waals surface area contributed by atoms with Crippen LogP contribution in [0.1, 0.15) is 13.8 Å². The average molecular weight is 465 g/mol. The van der Waals surface area contributed by atoms with Crippen LogP contribution in [0.25, 0.3) is 22.2 Å². The molecule has 0 atom stereocenters. The monoisotopic (exact) mass is 464 g/mol. The largest absolute Gasteiger partial charge is 0.495 e. The highest BCUT2D eigenvalue weighted by molar-refractivity contribution is 7.98. The van der Waals surface area contributed by atoms with E-state index in [1.807, 2.05) is 18.5 Å². The Morgan fingerprint density at radius 1 is 1.03 bits per heavy atom. The van der Waals surface area contributed by atoms with E-state index in [1.165, 1.54) is 11.8 Å². The molecule has 0 aliphatic carbocycles. The Bertz CT molecular complexity index is 1100. The molecule has 30 heavy (non-hydrogen) atoms. The van der Waals surface area contributed by atoms with Gasteiger partial charge in [0, 0.05) is 36.3 Å². The predicted octanol–water partition coefficient (Wildman–Crippen LogP) is 5.58. The number of aromatic nitrogens is 3. The van der Waals surface area contributed by atoms with Crippen molar-refractivity contribution in [3.05, 3.63) is 28.4 Å². The molecular formula is C21H22Cl2N4O2S. The summed E-state index contributed by atoms with van der Waals surface area (Å²) in [5.74, 6) is 1.74. The van der Waals surface area contributed by atoms with E-state index in [0.29, 0.717) is 38.0 Å². The minimum atomic E-state index is 0.230. The van der Waals surface area contributed by atoms with Gasteiger partial charge in [-0.1, -0.05) is 48.8 Å². The number of ether oxygens (including phenoxy) is 2. The summed E-state index contributed by atoms with van der Waals surface area (Å²) < 4.78 is 10.8. The van der Waals surface area contributed by atoms with Crippen molar-refractivity contribution in [2.75, 3.05) is 38.5 Å². The van der Waals surface area contributed by atoms with Crippen LogP contribution in [0.5, 0.6) is 11.5 Å². The van der Waals surface area contributed by atoms with Crippen molar-refractivity contribution < 1.29 is 9.47 Å². The maximum atomic E-state index is 6.65. The molecule has 0 spiro atoms. The number of fused-ring (bicyclic) bond motifs is 1. The Kier molecular flexibility index (Phi) is 5.64. The van der Waals surface area contributed by atoms with E-state index >= 15 is 0 Å². The molecule has 0 bridgehead atoms. The van der Waals surface area contributed by atoms with Crippen molar-refractivity contribution >= 4 is 51.7 Å². The van der Waals surface area contributed by atoms with Crippen molar-refractivity contribution in [3.8, 4) is 22.8 Å². The van der Waals surface area contributed by atoms with E-state index in [-0.39, 0.29) is 5.41 Å². The lowest BCUT2D eigenvalue weighted by Gasteiger charge is -2.46. The summed E-state index contributed by atoms with van der Waals surface area (Å²) in [6.07, 6.45) is 3.77. The van der Waals surface area contributed by atoms with Crippen LogP contribution in [0, 0.1) is 5.41 Å². The number of hydrogen-bond acceptors (Lipinski definition) is 7. The molecule has 9 heteroatoms. The van der Waals surface area contributed by atoms with Crippen molar-refractivity contribution in [1.29, 1.82) is 0 Å². The van der Waals surface area contributed by atoms with Gasteiger partial charge in [0.25, 0.3) is 0 Å². The van der Waals surface area contributed by atoms with Crippen LogP contribution in [0.3, 0.4) is 0 Å². The standard InChI is InChI=1S/C21H22Cl2N4O2S/c1-21(2)9-27(10-21)19-18-11(8-24-20(26-18)30-5)6-12(25-19)15-16(22)13(28-3)7-14(29-4)17(15)23/h6-8H,9-10H2,1-5H3. The number of rotatable bonds is 5. The Morgan fingerprint density at radius 2 is 1.67 bits per heavy atom. The molecule has 6 nitrogen and oxygen atoms in total. The molecule has 0 N–H and O–H groups in total. The second kappa shape index (κ2) is 7.94. The molecule has 0 radical (unpaired) electrons. The highest BCUT2D eigenvalue weighted by Gasteiger charge is 2.36. The smallest absolute Gasteiger partial charge is 0.187 e. The Balaban J connectivity index is 1.97. The number of thioether (sulfide) groups is 1. The lowest BCUT2D eigenvalue weighted by Crippen LogP contribution is -2.53. The topological polar surface area (TPSA) is 60.4 Å². The zero-order valence-corrected chi connectivity index (χ0v) is 19.7. The van der Waals surface area contributed by atoms with Gasteiger partial charge in [-0.3, -0.25) is 0 Å². The number of nitrogens with zero attached hydrogens (tertiary/aromatic N) is 4. The van der Waals surface area contributed by atoms with Crippen molar-refractivity contribution in [3.63, 3.8) is 0 Å². The van der Waals surface area contributed by atoms with Gasteiger partial charge in [-0.2, -0.15) is 0 Å². The Labute approximate surface area is 189 Å². The van der Waals surface area contributed by atoms with Crippen LogP contribution >= 0.6 is 35.0 Å². The number of anilines is 1. The van der Waals surface area contributed by atoms with E-state index in [2.05, 4.69) is 23.7 Å². The van der Waals surface area contributed by atoms with Crippen LogP contribution < -0.4 is 14.4 Å². The molecule has 0 saturated carbocycles. The summed E-state index contributed by atoms with van der Waals surface area (Å²) in [7, 11) is 3.11. The summed E-state index contributed by atoms with van der Waals surface area (Å²) in [5, 5.41) is 2.34. The van der Waals surface area contributed by atoms with Gasteiger partial charge in [-0.15, -0.1) is 0 Å². The quantitative estimate of drug-likeness (QED) is 0.360. The van der Waals surface area contributed by atoms with Gasteiger partial charge in [0.2, 0.25) is 0 Å². The molecule has 0 amide bonds. The summed E-state index contributed by atoms with van der Waals surface area (Å²) in [4.78, 5) is 16.3. The van der Waals surface area contributed by atoms with E-state index in [4.69, 9.17) is 42.6 Å². The average Bonchev–Trinajstić information content (AvgIpc) is 2.71. The molecule has 1 fully saturated rings. The van der Waals surface area contributed by atoms with Gasteiger partial charge in [-0.05, 0) is 17.7 Å². The third-order valence-corrected chi connectivity index (χ3v) is 6.39. The lowest BCUT2D eigenvalue weighted by atomic mass is 9.84. The van der Waals surface area contributed by atoms with Crippen LogP contribution in [-0.4, -0.2) is 48.5 Å². The number of pyridine rings is 1. The van der Waals surface area contributed by atoms with Gasteiger partial charge in [0.15, 0.2) is 11.0 Å². The van der Waals surface area contributed by atoms with Crippen LogP contribution in [0.15, 0.2) is 23.5 Å². The zero-order valence-electron chi connectivity index (χ0n) is 17.4. The molecule has 1 aromatic carbocycles. The molecule has 3 heterocycles. The maximum absolute atomic E-state index is 6.65. The number of hydrogen-bond donors (Lipinski definition) is 0. The fourth-order valence-electron chi connectivity index (χ4n) is 3.70. The Morgan fingerprint density at radius 3 is 2.20 bits per heavy atom. The molecule has 4 rings (SSSR count). The molecule has 1 aliphatic heterocycles. The summed E-state index contributed by atoms with van der Waals surface area (Å²) in [6.45, 7) is 6.25. The lowest BCUT2D eigenvalue weighted by molar-refractivity contribution is 0.275. The molecular weight excluding hydrogens is 443 g/mol. The normalized spacial score (nSPS) is 15.2.